The number of likely N-dealkylation sites (tertiary alicyclic amines) is 1. The van der Waals surface area contributed by atoms with E-state index < -0.39 is 42.7 Å². The molecule has 2 amide bonds. The molecule has 38 heavy (non-hydrogen) atoms. The van der Waals surface area contributed by atoms with E-state index in [0.29, 0.717) is 32.5 Å². The number of piperazine rings is 1. The Morgan fingerprint density at radius 3 is 2.55 bits per heavy atom. The van der Waals surface area contributed by atoms with Gasteiger partial charge in [-0.3, -0.25) is 24.7 Å². The number of amides is 2. The van der Waals surface area contributed by atoms with Crippen molar-refractivity contribution >= 4 is 11.8 Å². The van der Waals surface area contributed by atoms with Gasteiger partial charge >= 0.3 is 0 Å². The maximum atomic E-state index is 15.3. The number of nitrogens with two attached hydrogens (primary N) is 1. The van der Waals surface area contributed by atoms with Gasteiger partial charge in [-0.05, 0) is 45.8 Å². The number of rotatable bonds is 4. The molecule has 6 fully saturated rings. The lowest BCUT2D eigenvalue weighted by atomic mass is 9.89. The van der Waals surface area contributed by atoms with E-state index in [4.69, 9.17) is 5.73 Å². The quantitative estimate of drug-likeness (QED) is 0.271. The van der Waals surface area contributed by atoms with Crippen molar-refractivity contribution in [2.75, 3.05) is 66.0 Å². The predicted molar refractivity (Wildman–Crippen MR) is 137 cm³/mol. The lowest BCUT2D eigenvalue weighted by Crippen LogP contribution is -2.67. The minimum absolute atomic E-state index is 0.0245. The zero-order valence-electron chi connectivity index (χ0n) is 22.2. The topological polar surface area (TPSA) is 121 Å². The van der Waals surface area contributed by atoms with Gasteiger partial charge in [-0.2, -0.15) is 0 Å². The van der Waals surface area contributed by atoms with Crippen LogP contribution in [0.1, 0.15) is 25.7 Å². The molecule has 13 heteroatoms. The summed E-state index contributed by atoms with van der Waals surface area (Å²) in [5.41, 5.74) is 9.41. The number of fused-ring (bicyclic) bond motifs is 1. The highest BCUT2D eigenvalue weighted by molar-refractivity contribution is 5.81. The number of carbonyl (C=O) groups excluding carboxylic acids is 2. The van der Waals surface area contributed by atoms with Crippen LogP contribution in [-0.2, 0) is 9.59 Å². The molecule has 0 bridgehead atoms. The fraction of sp³-hybridized carbons (Fsp3) is 0.920. The molecule has 5 heterocycles. The van der Waals surface area contributed by atoms with Crippen molar-refractivity contribution in [3.63, 3.8) is 0 Å². The maximum Gasteiger partial charge on any atom is 0.229 e. The molecule has 5 aliphatic heterocycles. The number of hydrogen-bond donors (Lipinski definition) is 5. The summed E-state index contributed by atoms with van der Waals surface area (Å²) in [6.07, 6.45) is 0.517. The molecule has 7 atom stereocenters. The third kappa shape index (κ3) is 4.95. The van der Waals surface area contributed by atoms with Crippen molar-refractivity contribution in [2.45, 2.75) is 68.0 Å². The van der Waals surface area contributed by atoms with Gasteiger partial charge in [-0.15, -0.1) is 0 Å². The normalized spacial score (nSPS) is 40.7. The molecule has 0 aromatic carbocycles. The Balaban J connectivity index is 1.06. The van der Waals surface area contributed by atoms with E-state index >= 15 is 4.39 Å². The van der Waals surface area contributed by atoms with Gasteiger partial charge < -0.3 is 21.3 Å². The zero-order valence-corrected chi connectivity index (χ0v) is 22.2. The molecule has 11 nitrogen and oxygen atoms in total. The molecular weight excluding hydrogens is 496 g/mol. The number of halogens is 2. The van der Waals surface area contributed by atoms with Gasteiger partial charge in [0.1, 0.15) is 12.3 Å². The van der Waals surface area contributed by atoms with Crippen molar-refractivity contribution in [1.29, 1.82) is 0 Å². The first-order valence-corrected chi connectivity index (χ1v) is 14.3. The summed E-state index contributed by atoms with van der Waals surface area (Å²) in [6.45, 7) is 4.83. The average molecular weight is 540 g/mol. The molecule has 0 radical (unpaired) electrons. The van der Waals surface area contributed by atoms with Gasteiger partial charge in [0.25, 0.3) is 0 Å². The van der Waals surface area contributed by atoms with Gasteiger partial charge in [0.15, 0.2) is 0 Å². The molecule has 0 aromatic rings. The van der Waals surface area contributed by atoms with Crippen molar-refractivity contribution in [3.05, 3.63) is 0 Å². The fourth-order valence-electron chi connectivity index (χ4n) is 7.39. The van der Waals surface area contributed by atoms with E-state index in [9.17, 15) is 14.0 Å². The minimum atomic E-state index is -1.14. The number of hydrazine groups is 1. The van der Waals surface area contributed by atoms with E-state index in [2.05, 4.69) is 43.1 Å². The number of nitrogens with zero attached hydrogens (tertiary/aromatic N) is 4. The van der Waals surface area contributed by atoms with Crippen molar-refractivity contribution < 1.29 is 18.4 Å². The first-order valence-electron chi connectivity index (χ1n) is 14.3. The zero-order chi connectivity index (χ0) is 26.6. The molecule has 5 saturated heterocycles. The Kier molecular flexibility index (Phi) is 7.38. The van der Waals surface area contributed by atoms with Gasteiger partial charge in [0, 0.05) is 57.3 Å². The SMILES string of the molecule is CN1CCN(C(=O)C2CCN(C3C(F)CNCC3NC(=O)C3C(N)NN4CC(F)CNC34)CC2)CC12CC2. The summed E-state index contributed by atoms with van der Waals surface area (Å²) in [5.74, 6) is -0.658. The summed E-state index contributed by atoms with van der Waals surface area (Å²) in [6, 6.07) is -0.893. The van der Waals surface area contributed by atoms with Crippen LogP contribution in [0.2, 0.25) is 0 Å². The average Bonchev–Trinajstić information content (AvgIpc) is 3.59. The Labute approximate surface area is 223 Å². The highest BCUT2D eigenvalue weighted by atomic mass is 19.1. The molecule has 1 spiro atoms. The standard InChI is InChI=1S/C25H43F2N9O2/c1-33-8-9-35(14-25(33)4-5-25)24(38)15-2-6-34(7-3-15)20-17(27)11-29-12-18(20)31-23(37)19-21(28)32-36-13-16(26)10-30-22(19)36/h15-22,29-30,32H,2-14,28H2,1H3,(H,31,37). The molecule has 1 saturated carbocycles. The molecular formula is C25H43F2N9O2. The van der Waals surface area contributed by atoms with E-state index in [1.54, 1.807) is 5.01 Å². The Bertz CT molecular complexity index is 902. The summed E-state index contributed by atoms with van der Waals surface area (Å²) >= 11 is 0. The first-order chi connectivity index (χ1) is 18.3. The molecule has 6 rings (SSSR count). The third-order valence-corrected chi connectivity index (χ3v) is 9.88. The fourth-order valence-corrected chi connectivity index (χ4v) is 7.39. The Morgan fingerprint density at radius 1 is 1.05 bits per heavy atom. The van der Waals surface area contributed by atoms with Gasteiger partial charge in [-0.25, -0.2) is 19.2 Å². The van der Waals surface area contributed by atoms with Crippen LogP contribution < -0.4 is 27.1 Å². The van der Waals surface area contributed by atoms with Crippen molar-refractivity contribution in [1.82, 2.24) is 41.1 Å². The second-order valence-electron chi connectivity index (χ2n) is 12.3. The van der Waals surface area contributed by atoms with Crippen LogP contribution in [-0.4, -0.2) is 140 Å². The highest BCUT2D eigenvalue weighted by Gasteiger charge is 2.52. The summed E-state index contributed by atoms with van der Waals surface area (Å²) < 4.78 is 29.2. The summed E-state index contributed by atoms with van der Waals surface area (Å²) in [4.78, 5) is 33.3. The molecule has 214 valence electrons. The largest absolute Gasteiger partial charge is 0.350 e. The smallest absolute Gasteiger partial charge is 0.229 e. The second-order valence-corrected chi connectivity index (χ2v) is 12.3. The van der Waals surface area contributed by atoms with Crippen LogP contribution in [0.4, 0.5) is 8.78 Å². The van der Waals surface area contributed by atoms with Crippen molar-refractivity contribution in [3.8, 4) is 0 Å². The van der Waals surface area contributed by atoms with Gasteiger partial charge in [-0.1, -0.05) is 0 Å². The van der Waals surface area contributed by atoms with Crippen LogP contribution in [0.5, 0.6) is 0 Å². The second kappa shape index (κ2) is 10.5. The van der Waals surface area contributed by atoms with Crippen LogP contribution in [0.15, 0.2) is 0 Å². The van der Waals surface area contributed by atoms with Crippen LogP contribution in [0.25, 0.3) is 0 Å². The Morgan fingerprint density at radius 2 is 1.82 bits per heavy atom. The van der Waals surface area contributed by atoms with E-state index in [-0.39, 0.29) is 42.9 Å². The predicted octanol–water partition coefficient (Wildman–Crippen LogP) is -2.21. The summed E-state index contributed by atoms with van der Waals surface area (Å²) in [5, 5.41) is 10.9. The number of likely N-dealkylation sites (N-methyl/N-ethyl adjacent to an activating group) is 1. The minimum Gasteiger partial charge on any atom is -0.350 e. The van der Waals surface area contributed by atoms with Crippen LogP contribution in [0, 0.1) is 11.8 Å². The van der Waals surface area contributed by atoms with E-state index in [0.717, 1.165) is 19.6 Å². The van der Waals surface area contributed by atoms with Crippen LogP contribution in [0.3, 0.4) is 0 Å². The summed E-state index contributed by atoms with van der Waals surface area (Å²) in [7, 11) is 2.16. The van der Waals surface area contributed by atoms with Crippen molar-refractivity contribution in [2.24, 2.45) is 17.6 Å². The van der Waals surface area contributed by atoms with E-state index in [1.807, 2.05) is 0 Å². The lowest BCUT2D eigenvalue weighted by molar-refractivity contribution is -0.140. The maximum absolute atomic E-state index is 15.3. The van der Waals surface area contributed by atoms with Gasteiger partial charge in [0.05, 0.1) is 30.3 Å². The highest BCUT2D eigenvalue weighted by Crippen LogP contribution is 2.43. The first kappa shape index (κ1) is 26.7. The number of carbonyl (C=O) groups is 2. The molecule has 6 aliphatic rings. The van der Waals surface area contributed by atoms with Crippen LogP contribution >= 0.6 is 0 Å². The Hall–Kier alpha value is -1.48. The molecule has 7 unspecified atom stereocenters. The monoisotopic (exact) mass is 539 g/mol. The lowest BCUT2D eigenvalue weighted by Gasteiger charge is -2.46. The number of nitrogens with one attached hydrogen (secondary N) is 4. The number of alkyl halides is 2. The molecule has 6 N–H and O–H groups in total. The molecule has 0 aromatic heterocycles. The van der Waals surface area contributed by atoms with Gasteiger partial charge in [0.2, 0.25) is 11.8 Å². The number of piperidine rings is 2. The third-order valence-electron chi connectivity index (χ3n) is 9.88. The molecule has 1 aliphatic carbocycles. The number of hydrogen-bond acceptors (Lipinski definition) is 9. The van der Waals surface area contributed by atoms with E-state index in [1.165, 1.54) is 12.8 Å².